The fourth-order valence-corrected chi connectivity index (χ4v) is 3.80. The molecule has 1 fully saturated rings. The third-order valence-electron chi connectivity index (χ3n) is 5.61. The summed E-state index contributed by atoms with van der Waals surface area (Å²) in [4.78, 5) is 38.9. The Kier molecular flexibility index (Phi) is 6.67. The molecule has 0 radical (unpaired) electrons. The molecule has 2 aromatic rings. The monoisotopic (exact) mass is 439 g/mol. The van der Waals surface area contributed by atoms with Crippen molar-refractivity contribution in [3.05, 3.63) is 79.4 Å². The standard InChI is InChI=1S/C23H25N3O6/c1-23(2,3)16-10-8-15(9-11-16)22(27)32-24-20-7-5-4-6-18(20)19-13-12-17(25(28)29)14-21(19)26(30)31/h8-14,18H,4-7H2,1-3H3/b24-20-/t18-/m1/s1. The minimum Gasteiger partial charge on any atom is -0.313 e. The van der Waals surface area contributed by atoms with Crippen LogP contribution in [-0.2, 0) is 10.3 Å². The molecule has 0 bridgehead atoms. The van der Waals surface area contributed by atoms with Crippen LogP contribution < -0.4 is 0 Å². The van der Waals surface area contributed by atoms with Crippen LogP contribution in [0, 0.1) is 20.2 Å². The number of hydrogen-bond acceptors (Lipinski definition) is 7. The van der Waals surface area contributed by atoms with Gasteiger partial charge in [0, 0.05) is 17.5 Å². The molecular formula is C23H25N3O6. The van der Waals surface area contributed by atoms with Crippen LogP contribution in [0.1, 0.15) is 73.9 Å². The summed E-state index contributed by atoms with van der Waals surface area (Å²) in [6.45, 7) is 6.23. The lowest BCUT2D eigenvalue weighted by Gasteiger charge is -2.23. The van der Waals surface area contributed by atoms with E-state index in [-0.39, 0.29) is 16.8 Å². The van der Waals surface area contributed by atoms with Crippen LogP contribution in [-0.4, -0.2) is 21.5 Å². The van der Waals surface area contributed by atoms with Gasteiger partial charge in [-0.2, -0.15) is 0 Å². The number of nitro benzene ring substituents is 2. The van der Waals surface area contributed by atoms with E-state index < -0.39 is 21.7 Å². The Hall–Kier alpha value is -3.62. The number of nitro groups is 2. The zero-order valence-corrected chi connectivity index (χ0v) is 18.2. The highest BCUT2D eigenvalue weighted by Crippen LogP contribution is 2.37. The SMILES string of the molecule is CC(C)(C)c1ccc(C(=O)O/N=C2/CCCC[C@@H]2c2ccc([N+](=O)[O-])cc2[N+](=O)[O-])cc1. The van der Waals surface area contributed by atoms with E-state index >= 15 is 0 Å². The van der Waals surface area contributed by atoms with Crippen molar-refractivity contribution in [1.82, 2.24) is 0 Å². The fraction of sp³-hybridized carbons (Fsp3) is 0.391. The minimum absolute atomic E-state index is 0.0442. The number of carbonyl (C=O) groups excluding carboxylic acids is 1. The summed E-state index contributed by atoms with van der Waals surface area (Å²) < 4.78 is 0. The van der Waals surface area contributed by atoms with Gasteiger partial charge in [0.05, 0.1) is 27.2 Å². The van der Waals surface area contributed by atoms with E-state index in [1.165, 1.54) is 12.1 Å². The third kappa shape index (κ3) is 5.16. The first-order chi connectivity index (χ1) is 15.1. The average molecular weight is 439 g/mol. The van der Waals surface area contributed by atoms with Gasteiger partial charge in [-0.3, -0.25) is 20.2 Å². The zero-order chi connectivity index (χ0) is 23.5. The Balaban J connectivity index is 1.85. The normalized spacial score (nSPS) is 17.7. The van der Waals surface area contributed by atoms with Gasteiger partial charge in [-0.1, -0.05) is 44.5 Å². The largest absolute Gasteiger partial charge is 0.365 e. The molecule has 168 valence electrons. The lowest BCUT2D eigenvalue weighted by Crippen LogP contribution is -2.20. The highest BCUT2D eigenvalue weighted by atomic mass is 16.7. The van der Waals surface area contributed by atoms with E-state index in [1.54, 1.807) is 12.1 Å². The van der Waals surface area contributed by atoms with E-state index in [2.05, 4.69) is 25.9 Å². The first-order valence-corrected chi connectivity index (χ1v) is 10.4. The van der Waals surface area contributed by atoms with Gasteiger partial charge in [-0.05, 0) is 48.4 Å². The Morgan fingerprint density at radius 2 is 1.72 bits per heavy atom. The molecule has 1 atom stereocenters. The summed E-state index contributed by atoms with van der Waals surface area (Å²) in [7, 11) is 0. The van der Waals surface area contributed by atoms with Gasteiger partial charge in [0.2, 0.25) is 0 Å². The summed E-state index contributed by atoms with van der Waals surface area (Å²) in [5, 5.41) is 26.6. The van der Waals surface area contributed by atoms with Crippen LogP contribution in [0.25, 0.3) is 0 Å². The maximum Gasteiger partial charge on any atom is 0.365 e. The highest BCUT2D eigenvalue weighted by Gasteiger charge is 2.31. The van der Waals surface area contributed by atoms with Crippen molar-refractivity contribution in [2.45, 2.75) is 57.8 Å². The van der Waals surface area contributed by atoms with E-state index in [0.717, 1.165) is 24.5 Å². The Morgan fingerprint density at radius 1 is 1.03 bits per heavy atom. The van der Waals surface area contributed by atoms with Crippen LogP contribution >= 0.6 is 0 Å². The predicted molar refractivity (Wildman–Crippen MR) is 119 cm³/mol. The number of hydrogen-bond donors (Lipinski definition) is 0. The zero-order valence-electron chi connectivity index (χ0n) is 18.2. The number of rotatable bonds is 5. The molecule has 0 aliphatic heterocycles. The van der Waals surface area contributed by atoms with Gasteiger partial charge in [-0.25, -0.2) is 4.79 Å². The van der Waals surface area contributed by atoms with Crippen molar-refractivity contribution in [3.63, 3.8) is 0 Å². The van der Waals surface area contributed by atoms with Crippen molar-refractivity contribution in [3.8, 4) is 0 Å². The van der Waals surface area contributed by atoms with Crippen LogP contribution in [0.3, 0.4) is 0 Å². The van der Waals surface area contributed by atoms with Crippen molar-refractivity contribution in [2.75, 3.05) is 0 Å². The second kappa shape index (κ2) is 9.25. The molecule has 0 spiro atoms. The van der Waals surface area contributed by atoms with Crippen molar-refractivity contribution in [1.29, 1.82) is 0 Å². The average Bonchev–Trinajstić information content (AvgIpc) is 2.76. The molecular weight excluding hydrogens is 414 g/mol. The lowest BCUT2D eigenvalue weighted by molar-refractivity contribution is -0.394. The molecule has 0 N–H and O–H groups in total. The molecule has 1 aliphatic rings. The lowest BCUT2D eigenvalue weighted by atomic mass is 9.81. The smallest absolute Gasteiger partial charge is 0.313 e. The number of carbonyl (C=O) groups is 1. The molecule has 32 heavy (non-hydrogen) atoms. The molecule has 3 rings (SSSR count). The fourth-order valence-electron chi connectivity index (χ4n) is 3.80. The Morgan fingerprint density at radius 3 is 2.31 bits per heavy atom. The quantitative estimate of drug-likeness (QED) is 0.336. The molecule has 0 saturated heterocycles. The second-order valence-electron chi connectivity index (χ2n) is 8.84. The van der Waals surface area contributed by atoms with Gasteiger partial charge in [0.25, 0.3) is 11.4 Å². The highest BCUT2D eigenvalue weighted by molar-refractivity contribution is 5.94. The topological polar surface area (TPSA) is 125 Å². The second-order valence-corrected chi connectivity index (χ2v) is 8.84. The van der Waals surface area contributed by atoms with Gasteiger partial charge < -0.3 is 4.84 Å². The van der Waals surface area contributed by atoms with Gasteiger partial charge >= 0.3 is 5.97 Å². The van der Waals surface area contributed by atoms with Crippen molar-refractivity contribution >= 4 is 23.1 Å². The van der Waals surface area contributed by atoms with Gasteiger partial charge in [0.15, 0.2) is 0 Å². The van der Waals surface area contributed by atoms with Crippen molar-refractivity contribution in [2.24, 2.45) is 5.16 Å². The number of oxime groups is 1. The molecule has 9 nitrogen and oxygen atoms in total. The Bertz CT molecular complexity index is 1070. The maximum atomic E-state index is 12.5. The molecule has 0 heterocycles. The van der Waals surface area contributed by atoms with Crippen LogP contribution in [0.5, 0.6) is 0 Å². The van der Waals surface area contributed by atoms with Crippen LogP contribution in [0.2, 0.25) is 0 Å². The predicted octanol–water partition coefficient (Wildman–Crippen LogP) is 5.67. The van der Waals surface area contributed by atoms with E-state index in [1.807, 2.05) is 12.1 Å². The molecule has 1 saturated carbocycles. The molecule has 9 heteroatoms. The van der Waals surface area contributed by atoms with Gasteiger partial charge in [-0.15, -0.1) is 0 Å². The van der Waals surface area contributed by atoms with Gasteiger partial charge in [0.1, 0.15) is 0 Å². The summed E-state index contributed by atoms with van der Waals surface area (Å²) >= 11 is 0. The van der Waals surface area contributed by atoms with E-state index in [4.69, 9.17) is 4.84 Å². The third-order valence-corrected chi connectivity index (χ3v) is 5.61. The number of nitrogens with zero attached hydrogens (tertiary/aromatic N) is 3. The van der Waals surface area contributed by atoms with E-state index in [0.29, 0.717) is 29.7 Å². The molecule has 0 unspecified atom stereocenters. The molecule has 0 amide bonds. The first kappa shape index (κ1) is 23.1. The summed E-state index contributed by atoms with van der Waals surface area (Å²) in [6, 6.07) is 10.7. The summed E-state index contributed by atoms with van der Waals surface area (Å²) in [5.74, 6) is -1.05. The summed E-state index contributed by atoms with van der Waals surface area (Å²) in [6.07, 6.45) is 2.73. The van der Waals surface area contributed by atoms with Crippen LogP contribution in [0.4, 0.5) is 11.4 Å². The summed E-state index contributed by atoms with van der Waals surface area (Å²) in [5.41, 5.74) is 1.58. The number of benzene rings is 2. The molecule has 2 aromatic carbocycles. The Labute approximate surface area is 185 Å². The van der Waals surface area contributed by atoms with Crippen molar-refractivity contribution < 1.29 is 19.5 Å². The molecule has 0 aromatic heterocycles. The maximum absolute atomic E-state index is 12.5. The number of non-ortho nitro benzene ring substituents is 1. The van der Waals surface area contributed by atoms with E-state index in [9.17, 15) is 25.0 Å². The minimum atomic E-state index is -0.667. The molecule has 1 aliphatic carbocycles. The van der Waals surface area contributed by atoms with Crippen LogP contribution in [0.15, 0.2) is 47.6 Å². The first-order valence-electron chi connectivity index (χ1n) is 10.4.